The third-order valence-corrected chi connectivity index (χ3v) is 3.05. The monoisotopic (exact) mass is 258 g/mol. The van der Waals surface area contributed by atoms with E-state index in [1.807, 2.05) is 41.1 Å². The van der Waals surface area contributed by atoms with Crippen molar-refractivity contribution in [1.29, 1.82) is 0 Å². The Bertz CT molecular complexity index is 691. The highest BCUT2D eigenvalue weighted by atomic mass is 35.5. The lowest BCUT2D eigenvalue weighted by Crippen LogP contribution is -2.02. The first-order valence-electron chi connectivity index (χ1n) is 5.55. The summed E-state index contributed by atoms with van der Waals surface area (Å²) in [4.78, 5) is 4.28. The third-order valence-electron chi connectivity index (χ3n) is 2.77. The fraction of sp³-hybridized carbons (Fsp3) is 0.0769. The standard InChI is InChI=1S/C13H11ClN4/c14-13-11-7-9(15)4-5-12(11)18(17-13)8-10-3-1-2-6-16-10/h1-7H,8,15H2. The minimum Gasteiger partial charge on any atom is -0.399 e. The van der Waals surface area contributed by atoms with Gasteiger partial charge < -0.3 is 5.73 Å². The number of nitrogens with zero attached hydrogens (tertiary/aromatic N) is 3. The molecule has 2 N–H and O–H groups in total. The van der Waals surface area contributed by atoms with Crippen molar-refractivity contribution < 1.29 is 0 Å². The Hall–Kier alpha value is -2.07. The first-order chi connectivity index (χ1) is 8.74. The number of hydrogen-bond acceptors (Lipinski definition) is 3. The molecule has 4 nitrogen and oxygen atoms in total. The van der Waals surface area contributed by atoms with Crippen LogP contribution in [0.3, 0.4) is 0 Å². The average molecular weight is 259 g/mol. The fourth-order valence-corrected chi connectivity index (χ4v) is 2.17. The van der Waals surface area contributed by atoms with Gasteiger partial charge in [0.2, 0.25) is 0 Å². The van der Waals surface area contributed by atoms with Crippen LogP contribution in [0.2, 0.25) is 5.15 Å². The van der Waals surface area contributed by atoms with E-state index in [-0.39, 0.29) is 0 Å². The summed E-state index contributed by atoms with van der Waals surface area (Å²) >= 11 is 6.11. The molecule has 3 aromatic rings. The summed E-state index contributed by atoms with van der Waals surface area (Å²) in [5.74, 6) is 0. The van der Waals surface area contributed by atoms with Crippen molar-refractivity contribution >= 4 is 28.2 Å². The molecule has 90 valence electrons. The van der Waals surface area contributed by atoms with Gasteiger partial charge in [0.05, 0.1) is 17.8 Å². The number of rotatable bonds is 2. The second-order valence-electron chi connectivity index (χ2n) is 4.05. The number of nitrogens with two attached hydrogens (primary N) is 1. The van der Waals surface area contributed by atoms with Crippen LogP contribution in [0.1, 0.15) is 5.69 Å². The fourth-order valence-electron chi connectivity index (χ4n) is 1.92. The highest BCUT2D eigenvalue weighted by molar-refractivity contribution is 6.34. The topological polar surface area (TPSA) is 56.7 Å². The van der Waals surface area contributed by atoms with Gasteiger partial charge in [-0.1, -0.05) is 17.7 Å². The molecular formula is C13H11ClN4. The van der Waals surface area contributed by atoms with E-state index >= 15 is 0 Å². The van der Waals surface area contributed by atoms with Crippen molar-refractivity contribution in [2.24, 2.45) is 0 Å². The normalized spacial score (nSPS) is 10.9. The Morgan fingerprint density at radius 2 is 2.11 bits per heavy atom. The first kappa shape index (κ1) is 11.0. The number of fused-ring (bicyclic) bond motifs is 1. The molecule has 0 amide bonds. The Labute approximate surface area is 109 Å². The number of nitrogen functional groups attached to an aromatic ring is 1. The molecule has 0 saturated carbocycles. The zero-order chi connectivity index (χ0) is 12.5. The molecule has 3 rings (SSSR count). The Morgan fingerprint density at radius 3 is 2.89 bits per heavy atom. The van der Waals surface area contributed by atoms with Gasteiger partial charge in [-0.25, -0.2) is 0 Å². The predicted molar refractivity (Wildman–Crippen MR) is 72.5 cm³/mol. The molecule has 0 bridgehead atoms. The van der Waals surface area contributed by atoms with E-state index in [1.165, 1.54) is 0 Å². The number of pyridine rings is 1. The van der Waals surface area contributed by atoms with E-state index in [9.17, 15) is 0 Å². The number of aromatic nitrogens is 3. The molecule has 0 spiro atoms. The minimum atomic E-state index is 0.466. The molecule has 0 fully saturated rings. The lowest BCUT2D eigenvalue weighted by Gasteiger charge is -2.02. The predicted octanol–water partition coefficient (Wildman–Crippen LogP) is 2.72. The highest BCUT2D eigenvalue weighted by Crippen LogP contribution is 2.25. The van der Waals surface area contributed by atoms with Crippen LogP contribution in [0.15, 0.2) is 42.6 Å². The van der Waals surface area contributed by atoms with Gasteiger partial charge in [-0.3, -0.25) is 9.67 Å². The Morgan fingerprint density at radius 1 is 1.22 bits per heavy atom. The van der Waals surface area contributed by atoms with Crippen LogP contribution in [0.25, 0.3) is 10.9 Å². The lowest BCUT2D eigenvalue weighted by atomic mass is 10.2. The van der Waals surface area contributed by atoms with Crippen LogP contribution in [0, 0.1) is 0 Å². The zero-order valence-electron chi connectivity index (χ0n) is 9.55. The molecule has 1 aromatic carbocycles. The largest absolute Gasteiger partial charge is 0.399 e. The molecule has 2 aromatic heterocycles. The molecule has 5 heteroatoms. The van der Waals surface area contributed by atoms with Crippen LogP contribution in [-0.2, 0) is 6.54 Å². The van der Waals surface area contributed by atoms with E-state index in [0.717, 1.165) is 16.6 Å². The van der Waals surface area contributed by atoms with Crippen molar-refractivity contribution in [1.82, 2.24) is 14.8 Å². The highest BCUT2D eigenvalue weighted by Gasteiger charge is 2.09. The SMILES string of the molecule is Nc1ccc2c(c1)c(Cl)nn2Cc1ccccn1. The van der Waals surface area contributed by atoms with E-state index in [2.05, 4.69) is 10.1 Å². The van der Waals surface area contributed by atoms with Gasteiger partial charge in [-0.05, 0) is 30.3 Å². The number of hydrogen-bond donors (Lipinski definition) is 1. The number of anilines is 1. The smallest absolute Gasteiger partial charge is 0.159 e. The van der Waals surface area contributed by atoms with E-state index in [1.54, 1.807) is 6.20 Å². The van der Waals surface area contributed by atoms with E-state index < -0.39 is 0 Å². The second-order valence-corrected chi connectivity index (χ2v) is 4.40. The van der Waals surface area contributed by atoms with Gasteiger partial charge in [0.25, 0.3) is 0 Å². The Kier molecular flexibility index (Phi) is 2.64. The first-order valence-corrected chi connectivity index (χ1v) is 5.93. The molecule has 2 heterocycles. The van der Waals surface area contributed by atoms with Gasteiger partial charge in [-0.15, -0.1) is 0 Å². The van der Waals surface area contributed by atoms with Crippen LogP contribution in [0.4, 0.5) is 5.69 Å². The maximum Gasteiger partial charge on any atom is 0.159 e. The molecule has 0 unspecified atom stereocenters. The van der Waals surface area contributed by atoms with E-state index in [0.29, 0.717) is 17.4 Å². The summed E-state index contributed by atoms with van der Waals surface area (Å²) in [6.07, 6.45) is 1.76. The van der Waals surface area contributed by atoms with Crippen LogP contribution >= 0.6 is 11.6 Å². The van der Waals surface area contributed by atoms with Crippen LogP contribution in [-0.4, -0.2) is 14.8 Å². The molecule has 0 saturated heterocycles. The van der Waals surface area contributed by atoms with Crippen molar-refractivity contribution in [2.45, 2.75) is 6.54 Å². The number of halogens is 1. The second kappa shape index (κ2) is 4.31. The van der Waals surface area contributed by atoms with Gasteiger partial charge in [0.1, 0.15) is 0 Å². The Balaban J connectivity index is 2.08. The molecule has 0 aliphatic heterocycles. The van der Waals surface area contributed by atoms with Gasteiger partial charge in [-0.2, -0.15) is 5.10 Å². The van der Waals surface area contributed by atoms with Gasteiger partial charge in [0, 0.05) is 17.3 Å². The summed E-state index contributed by atoms with van der Waals surface area (Å²) in [5.41, 5.74) is 8.33. The summed E-state index contributed by atoms with van der Waals surface area (Å²) in [5, 5.41) is 5.65. The van der Waals surface area contributed by atoms with Crippen LogP contribution < -0.4 is 5.73 Å². The average Bonchev–Trinajstić information content (AvgIpc) is 2.67. The third kappa shape index (κ3) is 1.91. The molecular weight excluding hydrogens is 248 g/mol. The van der Waals surface area contributed by atoms with Crippen LogP contribution in [0.5, 0.6) is 0 Å². The maximum absolute atomic E-state index is 6.11. The number of benzene rings is 1. The molecule has 0 radical (unpaired) electrons. The molecule has 0 aliphatic rings. The summed E-state index contributed by atoms with van der Waals surface area (Å²) in [7, 11) is 0. The molecule has 0 atom stereocenters. The van der Waals surface area contributed by atoms with E-state index in [4.69, 9.17) is 17.3 Å². The summed E-state index contributed by atoms with van der Waals surface area (Å²) in [6.45, 7) is 0.591. The van der Waals surface area contributed by atoms with Crippen molar-refractivity contribution in [3.63, 3.8) is 0 Å². The molecule has 0 aliphatic carbocycles. The zero-order valence-corrected chi connectivity index (χ0v) is 10.3. The van der Waals surface area contributed by atoms with Crippen molar-refractivity contribution in [3.8, 4) is 0 Å². The molecule has 18 heavy (non-hydrogen) atoms. The van der Waals surface area contributed by atoms with Gasteiger partial charge >= 0.3 is 0 Å². The maximum atomic E-state index is 6.11. The summed E-state index contributed by atoms with van der Waals surface area (Å²) in [6, 6.07) is 11.4. The lowest BCUT2D eigenvalue weighted by molar-refractivity contribution is 0.697. The summed E-state index contributed by atoms with van der Waals surface area (Å²) < 4.78 is 1.83. The van der Waals surface area contributed by atoms with Crippen molar-refractivity contribution in [3.05, 3.63) is 53.4 Å². The van der Waals surface area contributed by atoms with Gasteiger partial charge in [0.15, 0.2) is 5.15 Å². The van der Waals surface area contributed by atoms with Crippen molar-refractivity contribution in [2.75, 3.05) is 5.73 Å². The minimum absolute atomic E-state index is 0.466. The quantitative estimate of drug-likeness (QED) is 0.719.